The van der Waals surface area contributed by atoms with Gasteiger partial charge in [-0.2, -0.15) is 0 Å². The molecular formula is C58H43N. The number of benzene rings is 8. The number of para-hydroxylation sites is 1. The monoisotopic (exact) mass is 753 g/mol. The summed E-state index contributed by atoms with van der Waals surface area (Å²) in [4.78, 5) is 0. The summed E-state index contributed by atoms with van der Waals surface area (Å²) in [5.41, 5.74) is 15.6. The number of rotatable bonds is 4. The molecular weight excluding hydrogens is 711 g/mol. The average Bonchev–Trinajstić information content (AvgIpc) is 3.53. The Morgan fingerprint density at radius 3 is 2.02 bits per heavy atom. The zero-order valence-electron chi connectivity index (χ0n) is 33.4. The van der Waals surface area contributed by atoms with E-state index in [2.05, 4.69) is 213 Å². The van der Waals surface area contributed by atoms with Gasteiger partial charge in [0.2, 0.25) is 0 Å². The number of aromatic nitrogens is 1. The molecule has 9 aromatic rings. The molecule has 0 saturated heterocycles. The highest BCUT2D eigenvalue weighted by molar-refractivity contribution is 6.28. The van der Waals surface area contributed by atoms with E-state index in [0.717, 1.165) is 12.8 Å². The minimum absolute atomic E-state index is 0.199. The van der Waals surface area contributed by atoms with Gasteiger partial charge in [0.05, 0.1) is 16.7 Å². The third-order valence-electron chi connectivity index (χ3n) is 13.5. The van der Waals surface area contributed by atoms with Crippen molar-refractivity contribution in [2.24, 2.45) is 0 Å². The second kappa shape index (κ2) is 13.0. The van der Waals surface area contributed by atoms with Crippen LogP contribution in [-0.4, -0.2) is 4.57 Å². The largest absolute Gasteiger partial charge is 0.309 e. The third-order valence-corrected chi connectivity index (χ3v) is 13.5. The van der Waals surface area contributed by atoms with Gasteiger partial charge in [0.1, 0.15) is 0 Å². The lowest BCUT2D eigenvalue weighted by molar-refractivity contribution is 0.660. The van der Waals surface area contributed by atoms with Crippen LogP contribution in [0.25, 0.3) is 76.5 Å². The van der Waals surface area contributed by atoms with Gasteiger partial charge in [-0.3, -0.25) is 0 Å². The van der Waals surface area contributed by atoms with Crippen LogP contribution < -0.4 is 0 Å². The van der Waals surface area contributed by atoms with Crippen LogP contribution >= 0.6 is 0 Å². The van der Waals surface area contributed by atoms with Crippen LogP contribution in [0.4, 0.5) is 0 Å². The summed E-state index contributed by atoms with van der Waals surface area (Å²) in [5, 5.41) is 10.3. The molecule has 1 heteroatoms. The second-order valence-electron chi connectivity index (χ2n) is 17.1. The van der Waals surface area contributed by atoms with Gasteiger partial charge in [0.25, 0.3) is 0 Å². The van der Waals surface area contributed by atoms with Crippen LogP contribution in [0.2, 0.25) is 0 Å². The number of hydrogen-bond acceptors (Lipinski definition) is 0. The standard InChI is InChI=1S/C58H43N/c1-58(2)52-34-39(42-32-40(37-17-6-3-4-7-18-37)31-41(33-42)38-19-8-5-9-20-38)29-30-46(52)50-35-51-47-24-14-15-27-54(47)59(56(51)36-53(50)58)55-28-16-26-49-45-22-11-10-21-43(45)44-23-12-13-25-48(44)57(49)55/h3,5-30,32-36,41H,4,31H2,1-2H3. The van der Waals surface area contributed by atoms with Crippen molar-refractivity contribution in [2.45, 2.75) is 38.0 Å². The molecule has 3 aliphatic rings. The van der Waals surface area contributed by atoms with Crippen molar-refractivity contribution in [1.82, 2.24) is 4.57 Å². The van der Waals surface area contributed by atoms with Crippen molar-refractivity contribution in [3.05, 3.63) is 228 Å². The Hall–Kier alpha value is -6.96. The molecule has 8 aromatic carbocycles. The quantitative estimate of drug-likeness (QED) is 0.158. The molecule has 1 heterocycles. The van der Waals surface area contributed by atoms with E-state index in [4.69, 9.17) is 0 Å². The second-order valence-corrected chi connectivity index (χ2v) is 17.1. The van der Waals surface area contributed by atoms with Crippen LogP contribution in [0.15, 0.2) is 205 Å². The first-order valence-electron chi connectivity index (χ1n) is 21.1. The number of hydrogen-bond donors (Lipinski definition) is 0. The van der Waals surface area contributed by atoms with E-state index in [1.165, 1.54) is 110 Å². The molecule has 0 saturated carbocycles. The van der Waals surface area contributed by atoms with Crippen molar-refractivity contribution in [2.75, 3.05) is 0 Å². The molecule has 0 spiro atoms. The molecule has 0 radical (unpaired) electrons. The summed E-state index contributed by atoms with van der Waals surface area (Å²) in [6.07, 6.45) is 18.2. The maximum absolute atomic E-state index is 2.55. The summed E-state index contributed by atoms with van der Waals surface area (Å²) in [6.45, 7) is 4.85. The topological polar surface area (TPSA) is 4.93 Å². The van der Waals surface area contributed by atoms with E-state index in [1.54, 1.807) is 0 Å². The lowest BCUT2D eigenvalue weighted by atomic mass is 9.79. The average molecular weight is 754 g/mol. The van der Waals surface area contributed by atoms with Crippen LogP contribution in [0, 0.1) is 0 Å². The van der Waals surface area contributed by atoms with Crippen molar-refractivity contribution < 1.29 is 0 Å². The Balaban J connectivity index is 1.05. The molecule has 1 unspecified atom stereocenters. The number of allylic oxidation sites excluding steroid dienone is 10. The van der Waals surface area contributed by atoms with Gasteiger partial charge >= 0.3 is 0 Å². The molecule has 0 aliphatic heterocycles. The molecule has 59 heavy (non-hydrogen) atoms. The van der Waals surface area contributed by atoms with Gasteiger partial charge in [0.15, 0.2) is 0 Å². The van der Waals surface area contributed by atoms with Crippen molar-refractivity contribution in [1.29, 1.82) is 0 Å². The van der Waals surface area contributed by atoms with E-state index < -0.39 is 0 Å². The Morgan fingerprint density at radius 2 is 1.22 bits per heavy atom. The number of nitrogens with zero attached hydrogens (tertiary/aromatic N) is 1. The molecule has 0 bridgehead atoms. The SMILES string of the molecule is CC1(C)c2cc(C3=CC(c4ccccc4)CC(C4=CC=CCC=C4)=C3)ccc2-c2cc3c4ccccc4n(-c4cccc5c6ccccc6c6ccccc6c45)c3cc21. The van der Waals surface area contributed by atoms with E-state index >= 15 is 0 Å². The van der Waals surface area contributed by atoms with Gasteiger partial charge in [-0.1, -0.05) is 178 Å². The summed E-state index contributed by atoms with van der Waals surface area (Å²) in [7, 11) is 0. The Kier molecular flexibility index (Phi) is 7.53. The number of fused-ring (bicyclic) bond motifs is 12. The Labute approximate surface area is 345 Å². The highest BCUT2D eigenvalue weighted by Crippen LogP contribution is 2.52. The van der Waals surface area contributed by atoms with E-state index in [1.807, 2.05) is 0 Å². The van der Waals surface area contributed by atoms with Gasteiger partial charge in [-0.15, -0.1) is 0 Å². The summed E-state index contributed by atoms with van der Waals surface area (Å²) in [5.74, 6) is 0.310. The predicted molar refractivity (Wildman–Crippen MR) is 252 cm³/mol. The fourth-order valence-electron chi connectivity index (χ4n) is 10.7. The maximum Gasteiger partial charge on any atom is 0.0547 e. The summed E-state index contributed by atoms with van der Waals surface area (Å²) < 4.78 is 2.55. The first-order chi connectivity index (χ1) is 29.0. The van der Waals surface area contributed by atoms with Gasteiger partial charge in [-0.05, 0) is 120 Å². The predicted octanol–water partition coefficient (Wildman–Crippen LogP) is 15.5. The molecule has 1 aromatic heterocycles. The molecule has 1 nitrogen and oxygen atoms in total. The zero-order valence-corrected chi connectivity index (χ0v) is 33.4. The molecule has 280 valence electrons. The highest BCUT2D eigenvalue weighted by atomic mass is 15.0. The lowest BCUT2D eigenvalue weighted by Gasteiger charge is -2.25. The lowest BCUT2D eigenvalue weighted by Crippen LogP contribution is -2.15. The summed E-state index contributed by atoms with van der Waals surface area (Å²) in [6, 6.07) is 57.0. The molecule has 0 fully saturated rings. The van der Waals surface area contributed by atoms with Crippen LogP contribution in [0.1, 0.15) is 54.9 Å². The van der Waals surface area contributed by atoms with Gasteiger partial charge in [0, 0.05) is 27.5 Å². The first kappa shape index (κ1) is 34.1. The third kappa shape index (κ3) is 5.17. The molecule has 3 aliphatic carbocycles. The molecule has 12 rings (SSSR count). The van der Waals surface area contributed by atoms with Crippen molar-refractivity contribution >= 4 is 59.7 Å². The molecule has 1 atom stereocenters. The zero-order chi connectivity index (χ0) is 39.2. The van der Waals surface area contributed by atoms with E-state index in [0.29, 0.717) is 5.92 Å². The molecule has 0 amide bonds. The molecule has 0 N–H and O–H groups in total. The van der Waals surface area contributed by atoms with E-state index in [-0.39, 0.29) is 5.41 Å². The fourth-order valence-corrected chi connectivity index (χ4v) is 10.7. The minimum Gasteiger partial charge on any atom is -0.309 e. The summed E-state index contributed by atoms with van der Waals surface area (Å²) >= 11 is 0. The van der Waals surface area contributed by atoms with Crippen LogP contribution in [-0.2, 0) is 5.41 Å². The van der Waals surface area contributed by atoms with Crippen molar-refractivity contribution in [3.8, 4) is 16.8 Å². The normalized spacial score (nSPS) is 17.0. The van der Waals surface area contributed by atoms with Gasteiger partial charge < -0.3 is 4.57 Å². The van der Waals surface area contributed by atoms with E-state index in [9.17, 15) is 0 Å². The minimum atomic E-state index is -0.199. The van der Waals surface area contributed by atoms with Crippen LogP contribution in [0.3, 0.4) is 0 Å². The smallest absolute Gasteiger partial charge is 0.0547 e. The van der Waals surface area contributed by atoms with Crippen molar-refractivity contribution in [3.63, 3.8) is 0 Å². The maximum atomic E-state index is 2.55. The fraction of sp³-hybridized carbons (Fsp3) is 0.103. The highest BCUT2D eigenvalue weighted by Gasteiger charge is 2.37. The Bertz CT molecular complexity index is 3350. The van der Waals surface area contributed by atoms with Gasteiger partial charge in [-0.25, -0.2) is 0 Å². The first-order valence-corrected chi connectivity index (χ1v) is 21.1. The Morgan fingerprint density at radius 1 is 0.542 bits per heavy atom. The van der Waals surface area contributed by atoms with Crippen LogP contribution in [0.5, 0.6) is 0 Å².